The molecule has 16 heavy (non-hydrogen) atoms. The van der Waals surface area contributed by atoms with Crippen molar-refractivity contribution >= 4 is 5.91 Å². The molecule has 0 saturated carbocycles. The fourth-order valence-corrected chi connectivity index (χ4v) is 3.05. The van der Waals surface area contributed by atoms with Crippen LogP contribution in [0.3, 0.4) is 0 Å². The van der Waals surface area contributed by atoms with Gasteiger partial charge in [0.1, 0.15) is 0 Å². The smallest absolute Gasteiger partial charge is 0.223 e. The van der Waals surface area contributed by atoms with Crippen molar-refractivity contribution in [3.8, 4) is 0 Å². The average Bonchev–Trinajstić information content (AvgIpc) is 2.75. The molecule has 1 aromatic rings. The van der Waals surface area contributed by atoms with Crippen LogP contribution in [0.15, 0.2) is 24.3 Å². The standard InChI is InChI=1S/C14H17NO/c16-14-9-4-10-15(14)13-8-3-6-11-5-1-2-7-12(11)13/h1-2,5,7,13H,3-4,6,8-10H2/t13-/m0/s1. The molecule has 2 nitrogen and oxygen atoms in total. The van der Waals surface area contributed by atoms with Crippen LogP contribution in [0.4, 0.5) is 0 Å². The van der Waals surface area contributed by atoms with Crippen molar-refractivity contribution in [2.45, 2.75) is 38.1 Å². The second-order valence-corrected chi connectivity index (χ2v) is 4.80. The maximum atomic E-state index is 11.8. The van der Waals surface area contributed by atoms with Crippen molar-refractivity contribution in [2.75, 3.05) is 6.54 Å². The van der Waals surface area contributed by atoms with Crippen molar-refractivity contribution in [3.05, 3.63) is 35.4 Å². The molecule has 2 aliphatic rings. The summed E-state index contributed by atoms with van der Waals surface area (Å²) in [5, 5.41) is 0. The van der Waals surface area contributed by atoms with Crippen LogP contribution < -0.4 is 0 Å². The quantitative estimate of drug-likeness (QED) is 0.705. The number of hydrogen-bond acceptors (Lipinski definition) is 1. The number of fused-ring (bicyclic) bond motifs is 1. The Balaban J connectivity index is 1.95. The first-order valence-corrected chi connectivity index (χ1v) is 6.23. The molecule has 1 amide bonds. The Morgan fingerprint density at radius 1 is 1.12 bits per heavy atom. The molecule has 84 valence electrons. The van der Waals surface area contributed by atoms with Crippen LogP contribution in [0, 0.1) is 0 Å². The molecule has 1 aliphatic heterocycles. The first kappa shape index (κ1) is 9.88. The van der Waals surface area contributed by atoms with Crippen molar-refractivity contribution in [3.63, 3.8) is 0 Å². The largest absolute Gasteiger partial charge is 0.336 e. The Morgan fingerprint density at radius 2 is 2.00 bits per heavy atom. The second kappa shape index (κ2) is 3.93. The number of carbonyl (C=O) groups excluding carboxylic acids is 1. The molecule has 1 saturated heterocycles. The highest BCUT2D eigenvalue weighted by atomic mass is 16.2. The van der Waals surface area contributed by atoms with E-state index < -0.39 is 0 Å². The maximum absolute atomic E-state index is 11.8. The van der Waals surface area contributed by atoms with E-state index in [9.17, 15) is 4.79 Å². The summed E-state index contributed by atoms with van der Waals surface area (Å²) in [4.78, 5) is 13.9. The van der Waals surface area contributed by atoms with Gasteiger partial charge in [0.25, 0.3) is 0 Å². The minimum Gasteiger partial charge on any atom is -0.336 e. The number of benzene rings is 1. The molecule has 0 bridgehead atoms. The van der Waals surface area contributed by atoms with Gasteiger partial charge in [-0.15, -0.1) is 0 Å². The van der Waals surface area contributed by atoms with Crippen LogP contribution in [0.5, 0.6) is 0 Å². The van der Waals surface area contributed by atoms with E-state index in [1.807, 2.05) is 0 Å². The highest BCUT2D eigenvalue weighted by Gasteiger charge is 2.31. The van der Waals surface area contributed by atoms with Crippen molar-refractivity contribution in [1.29, 1.82) is 0 Å². The first-order valence-electron chi connectivity index (χ1n) is 6.23. The zero-order valence-electron chi connectivity index (χ0n) is 9.48. The van der Waals surface area contributed by atoms with E-state index in [0.717, 1.165) is 25.8 Å². The van der Waals surface area contributed by atoms with Gasteiger partial charge < -0.3 is 4.90 Å². The van der Waals surface area contributed by atoms with Gasteiger partial charge in [-0.25, -0.2) is 0 Å². The van der Waals surface area contributed by atoms with Gasteiger partial charge in [0, 0.05) is 13.0 Å². The third kappa shape index (κ3) is 1.53. The normalized spacial score (nSPS) is 24.6. The van der Waals surface area contributed by atoms with Crippen molar-refractivity contribution in [1.82, 2.24) is 4.90 Å². The topological polar surface area (TPSA) is 20.3 Å². The molecule has 1 heterocycles. The highest BCUT2D eigenvalue weighted by Crippen LogP contribution is 2.36. The Bertz CT molecular complexity index is 413. The zero-order valence-corrected chi connectivity index (χ0v) is 9.48. The van der Waals surface area contributed by atoms with Crippen molar-refractivity contribution < 1.29 is 4.79 Å². The summed E-state index contributed by atoms with van der Waals surface area (Å²) in [6.07, 6.45) is 5.32. The lowest BCUT2D eigenvalue weighted by molar-refractivity contribution is -0.130. The molecule has 3 rings (SSSR count). The fraction of sp³-hybridized carbons (Fsp3) is 0.500. The van der Waals surface area contributed by atoms with Gasteiger partial charge in [-0.1, -0.05) is 24.3 Å². The molecular formula is C14H17NO. The number of nitrogens with zero attached hydrogens (tertiary/aromatic N) is 1. The van der Waals surface area contributed by atoms with Crippen LogP contribution in [0.2, 0.25) is 0 Å². The lowest BCUT2D eigenvalue weighted by Crippen LogP contribution is -2.32. The van der Waals surface area contributed by atoms with E-state index in [2.05, 4.69) is 29.2 Å². The Labute approximate surface area is 96.3 Å². The van der Waals surface area contributed by atoms with Gasteiger partial charge in [0.2, 0.25) is 5.91 Å². The molecule has 1 aromatic carbocycles. The number of amides is 1. The molecule has 0 aromatic heterocycles. The summed E-state index contributed by atoms with van der Waals surface area (Å²) in [7, 11) is 0. The van der Waals surface area contributed by atoms with E-state index in [1.54, 1.807) is 0 Å². The van der Waals surface area contributed by atoms with Crippen LogP contribution in [-0.2, 0) is 11.2 Å². The summed E-state index contributed by atoms with van der Waals surface area (Å²) in [5.74, 6) is 0.349. The molecule has 2 heteroatoms. The minimum atomic E-state index is 0.349. The monoisotopic (exact) mass is 215 g/mol. The molecular weight excluding hydrogens is 198 g/mol. The van der Waals surface area contributed by atoms with Crippen LogP contribution in [0.25, 0.3) is 0 Å². The third-order valence-corrected chi connectivity index (χ3v) is 3.82. The summed E-state index contributed by atoms with van der Waals surface area (Å²) in [6, 6.07) is 8.97. The first-order chi connectivity index (χ1) is 7.86. The third-order valence-electron chi connectivity index (χ3n) is 3.82. The fourth-order valence-electron chi connectivity index (χ4n) is 3.05. The lowest BCUT2D eigenvalue weighted by Gasteiger charge is -2.33. The predicted octanol–water partition coefficient (Wildman–Crippen LogP) is 2.69. The summed E-state index contributed by atoms with van der Waals surface area (Å²) in [6.45, 7) is 0.956. The summed E-state index contributed by atoms with van der Waals surface area (Å²) in [5.41, 5.74) is 2.84. The molecule has 0 unspecified atom stereocenters. The minimum absolute atomic E-state index is 0.349. The molecule has 0 N–H and O–H groups in total. The van der Waals surface area contributed by atoms with Crippen LogP contribution in [-0.4, -0.2) is 17.4 Å². The zero-order chi connectivity index (χ0) is 11.0. The van der Waals surface area contributed by atoms with Crippen molar-refractivity contribution in [2.24, 2.45) is 0 Å². The Kier molecular flexibility index (Phi) is 2.43. The van der Waals surface area contributed by atoms with Crippen LogP contribution >= 0.6 is 0 Å². The van der Waals surface area contributed by atoms with Gasteiger partial charge in [-0.2, -0.15) is 0 Å². The Hall–Kier alpha value is -1.31. The molecule has 1 fully saturated rings. The molecule has 0 radical (unpaired) electrons. The van der Waals surface area contributed by atoms with E-state index in [0.29, 0.717) is 11.9 Å². The average molecular weight is 215 g/mol. The number of carbonyl (C=O) groups is 1. The van der Waals surface area contributed by atoms with Gasteiger partial charge >= 0.3 is 0 Å². The number of likely N-dealkylation sites (tertiary alicyclic amines) is 1. The number of rotatable bonds is 1. The van der Waals surface area contributed by atoms with E-state index in [4.69, 9.17) is 0 Å². The van der Waals surface area contributed by atoms with Gasteiger partial charge in [-0.3, -0.25) is 4.79 Å². The maximum Gasteiger partial charge on any atom is 0.223 e. The van der Waals surface area contributed by atoms with Gasteiger partial charge in [0.15, 0.2) is 0 Å². The SMILES string of the molecule is O=C1CCCN1[C@H]1CCCc2ccccc21. The van der Waals surface area contributed by atoms with E-state index >= 15 is 0 Å². The predicted molar refractivity (Wildman–Crippen MR) is 63.1 cm³/mol. The highest BCUT2D eigenvalue weighted by molar-refractivity contribution is 5.78. The lowest BCUT2D eigenvalue weighted by atomic mass is 9.87. The van der Waals surface area contributed by atoms with Gasteiger partial charge in [0.05, 0.1) is 6.04 Å². The van der Waals surface area contributed by atoms with E-state index in [-0.39, 0.29) is 0 Å². The number of aryl methyl sites for hydroxylation is 1. The Morgan fingerprint density at radius 3 is 2.81 bits per heavy atom. The van der Waals surface area contributed by atoms with Gasteiger partial charge in [-0.05, 0) is 36.8 Å². The summed E-state index contributed by atoms with van der Waals surface area (Å²) < 4.78 is 0. The van der Waals surface area contributed by atoms with E-state index in [1.165, 1.54) is 24.0 Å². The van der Waals surface area contributed by atoms with Crippen LogP contribution in [0.1, 0.15) is 42.9 Å². The molecule has 0 spiro atoms. The molecule has 1 aliphatic carbocycles. The summed E-state index contributed by atoms with van der Waals surface area (Å²) >= 11 is 0. The second-order valence-electron chi connectivity index (χ2n) is 4.80. The number of hydrogen-bond donors (Lipinski definition) is 0. The molecule has 1 atom stereocenters.